The number of rotatable bonds is 5. The van der Waals surface area contributed by atoms with Gasteiger partial charge in [-0.15, -0.1) is 0 Å². The van der Waals surface area contributed by atoms with Crippen LogP contribution in [0.15, 0.2) is 53.3 Å². The fourth-order valence-corrected chi connectivity index (χ4v) is 2.88. The van der Waals surface area contributed by atoms with Crippen LogP contribution >= 0.6 is 0 Å². The summed E-state index contributed by atoms with van der Waals surface area (Å²) in [6.07, 6.45) is 0. The number of aromatic nitrogens is 1. The Hall–Kier alpha value is -3.48. The Balaban J connectivity index is 1.63. The second kappa shape index (κ2) is 8.04. The lowest BCUT2D eigenvalue weighted by molar-refractivity contribution is -0.124. The van der Waals surface area contributed by atoms with Crippen LogP contribution in [0.2, 0.25) is 0 Å². The van der Waals surface area contributed by atoms with Gasteiger partial charge in [0.05, 0.1) is 6.54 Å². The Morgan fingerprint density at radius 2 is 1.79 bits per heavy atom. The summed E-state index contributed by atoms with van der Waals surface area (Å²) in [5.74, 6) is -1.38. The number of carbonyl (C=O) groups is 2. The molecule has 0 saturated heterocycles. The normalized spacial score (nSPS) is 10.7. The maximum absolute atomic E-state index is 13.5. The number of pyridine rings is 1. The summed E-state index contributed by atoms with van der Waals surface area (Å²) >= 11 is 0. The number of nitrogens with one attached hydrogen (secondary N) is 2. The molecule has 28 heavy (non-hydrogen) atoms. The lowest BCUT2D eigenvalue weighted by atomic mass is 10.1. The minimum absolute atomic E-state index is 0.193. The number of benzene rings is 2. The number of fused-ring (bicyclic) bond motifs is 1. The number of nitrogens with zero attached hydrogens (tertiary/aromatic N) is 1. The zero-order valence-corrected chi connectivity index (χ0v) is 15.6. The van der Waals surface area contributed by atoms with Crippen molar-refractivity contribution < 1.29 is 14.0 Å². The Labute approximate surface area is 161 Å². The smallest absolute Gasteiger partial charge is 0.259 e. The van der Waals surface area contributed by atoms with Crippen LogP contribution in [0.3, 0.4) is 0 Å². The Kier molecular flexibility index (Phi) is 5.54. The van der Waals surface area contributed by atoms with Crippen LogP contribution in [0.1, 0.15) is 11.3 Å². The zero-order valence-electron chi connectivity index (χ0n) is 15.6. The van der Waals surface area contributed by atoms with Gasteiger partial charge in [0.2, 0.25) is 11.8 Å². The molecule has 1 heterocycles. The van der Waals surface area contributed by atoms with Gasteiger partial charge >= 0.3 is 0 Å². The van der Waals surface area contributed by atoms with Gasteiger partial charge in [-0.1, -0.05) is 24.3 Å². The number of carbonyl (C=O) groups excluding carboxylic acids is 2. The van der Waals surface area contributed by atoms with E-state index in [1.165, 1.54) is 10.6 Å². The quantitative estimate of drug-likeness (QED) is 0.713. The van der Waals surface area contributed by atoms with E-state index in [4.69, 9.17) is 0 Å². The molecule has 7 heteroatoms. The molecule has 0 aliphatic carbocycles. The van der Waals surface area contributed by atoms with Crippen molar-refractivity contribution in [1.82, 2.24) is 9.88 Å². The Morgan fingerprint density at radius 1 is 1.04 bits per heavy atom. The van der Waals surface area contributed by atoms with E-state index in [0.717, 1.165) is 5.39 Å². The van der Waals surface area contributed by atoms with Gasteiger partial charge in [-0.05, 0) is 49.1 Å². The summed E-state index contributed by atoms with van der Waals surface area (Å²) < 4.78 is 14.9. The molecule has 0 spiro atoms. The molecule has 0 radical (unpaired) electrons. The minimum Gasteiger partial charge on any atom is -0.345 e. The first-order chi connectivity index (χ1) is 13.3. The summed E-state index contributed by atoms with van der Waals surface area (Å²) in [5, 5.41) is 6.33. The number of anilines is 1. The van der Waals surface area contributed by atoms with Gasteiger partial charge in [0.1, 0.15) is 12.4 Å². The second-order valence-corrected chi connectivity index (χ2v) is 6.55. The number of hydrogen-bond donors (Lipinski definition) is 2. The molecular formula is C21H20FN3O3. The third-order valence-electron chi connectivity index (χ3n) is 4.43. The van der Waals surface area contributed by atoms with Gasteiger partial charge in [-0.25, -0.2) is 4.39 Å². The van der Waals surface area contributed by atoms with Crippen LogP contribution in [-0.4, -0.2) is 22.9 Å². The van der Waals surface area contributed by atoms with Gasteiger partial charge in [-0.2, -0.15) is 0 Å². The number of halogens is 1. The fourth-order valence-electron chi connectivity index (χ4n) is 2.88. The van der Waals surface area contributed by atoms with E-state index in [2.05, 4.69) is 10.6 Å². The molecule has 2 aromatic carbocycles. The van der Waals surface area contributed by atoms with Crippen molar-refractivity contribution in [3.05, 3.63) is 76.0 Å². The van der Waals surface area contributed by atoms with Crippen LogP contribution in [0.5, 0.6) is 0 Å². The number of amides is 2. The zero-order chi connectivity index (χ0) is 20.3. The van der Waals surface area contributed by atoms with Crippen LogP contribution < -0.4 is 16.2 Å². The fraction of sp³-hybridized carbons (Fsp3) is 0.190. The first-order valence-corrected chi connectivity index (χ1v) is 8.77. The predicted molar refractivity (Wildman–Crippen MR) is 106 cm³/mol. The monoisotopic (exact) mass is 381 g/mol. The van der Waals surface area contributed by atoms with Gasteiger partial charge in [-0.3, -0.25) is 14.4 Å². The highest BCUT2D eigenvalue weighted by atomic mass is 19.1. The Morgan fingerprint density at radius 3 is 2.54 bits per heavy atom. The molecule has 0 aliphatic heterocycles. The largest absolute Gasteiger partial charge is 0.345 e. The summed E-state index contributed by atoms with van der Waals surface area (Å²) in [6.45, 7) is 2.90. The third-order valence-corrected chi connectivity index (χ3v) is 4.43. The molecule has 3 rings (SSSR count). The molecule has 0 fully saturated rings. The van der Waals surface area contributed by atoms with Crippen molar-refractivity contribution in [2.24, 2.45) is 0 Å². The molecule has 0 saturated carbocycles. The summed E-state index contributed by atoms with van der Waals surface area (Å²) in [6, 6.07) is 13.3. The molecule has 6 nitrogen and oxygen atoms in total. The molecule has 0 unspecified atom stereocenters. The van der Waals surface area contributed by atoms with Crippen molar-refractivity contribution in [3.8, 4) is 0 Å². The van der Waals surface area contributed by atoms with Gasteiger partial charge in [0.15, 0.2) is 0 Å². The van der Waals surface area contributed by atoms with E-state index in [1.807, 2.05) is 18.2 Å². The molecule has 0 atom stereocenters. The maximum atomic E-state index is 13.5. The molecule has 0 bridgehead atoms. The molecule has 144 valence electrons. The van der Waals surface area contributed by atoms with Gasteiger partial charge < -0.3 is 15.2 Å². The van der Waals surface area contributed by atoms with Crippen LogP contribution in [-0.2, 0) is 16.1 Å². The minimum atomic E-state index is -0.487. The van der Waals surface area contributed by atoms with Crippen molar-refractivity contribution in [2.75, 3.05) is 11.9 Å². The molecule has 3 aromatic rings. The first-order valence-electron chi connectivity index (χ1n) is 8.77. The van der Waals surface area contributed by atoms with Crippen LogP contribution in [0.4, 0.5) is 10.1 Å². The maximum Gasteiger partial charge on any atom is 0.259 e. The van der Waals surface area contributed by atoms with E-state index in [9.17, 15) is 18.8 Å². The van der Waals surface area contributed by atoms with E-state index >= 15 is 0 Å². The summed E-state index contributed by atoms with van der Waals surface area (Å²) in [4.78, 5) is 36.7. The average molecular weight is 381 g/mol. The second-order valence-electron chi connectivity index (χ2n) is 6.55. The van der Waals surface area contributed by atoms with E-state index in [-0.39, 0.29) is 18.6 Å². The first kappa shape index (κ1) is 19.3. The van der Waals surface area contributed by atoms with E-state index < -0.39 is 17.6 Å². The lowest BCUT2D eigenvalue weighted by Gasteiger charge is -2.12. The highest BCUT2D eigenvalue weighted by molar-refractivity contribution is 5.94. The molecule has 0 aliphatic rings. The van der Waals surface area contributed by atoms with Crippen molar-refractivity contribution in [1.29, 1.82) is 0 Å². The van der Waals surface area contributed by atoms with Crippen molar-refractivity contribution in [2.45, 2.75) is 20.4 Å². The van der Waals surface area contributed by atoms with Crippen molar-refractivity contribution in [3.63, 3.8) is 0 Å². The Bertz CT molecular complexity index is 1120. The average Bonchev–Trinajstić information content (AvgIpc) is 2.66. The van der Waals surface area contributed by atoms with Crippen molar-refractivity contribution >= 4 is 28.3 Å². The standard InChI is InChI=1S/C21H20FN3O3/c1-13-7-8-16(10-18(13)22)24-19(26)11-23-20(27)12-25-14(2)9-15-5-3-4-6-17(15)21(25)28/h3-10H,11-12H2,1-2H3,(H,23,27)(H,24,26). The highest BCUT2D eigenvalue weighted by Crippen LogP contribution is 2.13. The highest BCUT2D eigenvalue weighted by Gasteiger charge is 2.12. The lowest BCUT2D eigenvalue weighted by Crippen LogP contribution is -2.37. The summed E-state index contributed by atoms with van der Waals surface area (Å²) in [7, 11) is 0. The van der Waals surface area contributed by atoms with Gasteiger partial charge in [0.25, 0.3) is 5.56 Å². The number of aryl methyl sites for hydroxylation is 2. The van der Waals surface area contributed by atoms with Crippen LogP contribution in [0.25, 0.3) is 10.8 Å². The molecule has 2 amide bonds. The van der Waals surface area contributed by atoms with E-state index in [0.29, 0.717) is 22.3 Å². The molecular weight excluding hydrogens is 361 g/mol. The topological polar surface area (TPSA) is 80.2 Å². The molecule has 1 aromatic heterocycles. The number of hydrogen-bond acceptors (Lipinski definition) is 3. The third kappa shape index (κ3) is 4.25. The molecule has 2 N–H and O–H groups in total. The summed E-state index contributed by atoms with van der Waals surface area (Å²) in [5.41, 5.74) is 1.18. The van der Waals surface area contributed by atoms with Crippen LogP contribution in [0, 0.1) is 19.7 Å². The predicted octanol–water partition coefficient (Wildman–Crippen LogP) is 2.51. The SMILES string of the molecule is Cc1ccc(NC(=O)CNC(=O)Cn2c(C)cc3ccccc3c2=O)cc1F. The van der Waals surface area contributed by atoms with E-state index in [1.54, 1.807) is 38.1 Å². The van der Waals surface area contributed by atoms with Gasteiger partial charge in [0, 0.05) is 16.8 Å².